The number of rotatable bonds is 2. The first kappa shape index (κ1) is 12.5. The predicted molar refractivity (Wildman–Crippen MR) is 74.0 cm³/mol. The second kappa shape index (κ2) is 4.83. The summed E-state index contributed by atoms with van der Waals surface area (Å²) >= 11 is 6.16. The minimum Gasteiger partial charge on any atom is -0.488 e. The molecule has 1 heterocycles. The SMILES string of the molecule is NCC1Cc2ccc(F)c(-c3ccccc3Cl)c2O1. The summed E-state index contributed by atoms with van der Waals surface area (Å²) in [7, 11) is 0. The molecule has 0 fully saturated rings. The fourth-order valence-electron chi connectivity index (χ4n) is 2.40. The topological polar surface area (TPSA) is 35.2 Å². The van der Waals surface area contributed by atoms with Crippen molar-refractivity contribution < 1.29 is 9.13 Å². The average molecular weight is 278 g/mol. The van der Waals surface area contributed by atoms with Gasteiger partial charge in [-0.1, -0.05) is 35.9 Å². The first-order valence-electron chi connectivity index (χ1n) is 6.13. The van der Waals surface area contributed by atoms with Crippen LogP contribution in [0.2, 0.25) is 5.02 Å². The third kappa shape index (κ3) is 2.09. The molecule has 2 nitrogen and oxygen atoms in total. The largest absolute Gasteiger partial charge is 0.488 e. The van der Waals surface area contributed by atoms with Crippen molar-refractivity contribution in [1.82, 2.24) is 0 Å². The van der Waals surface area contributed by atoms with Crippen LogP contribution in [0.4, 0.5) is 4.39 Å². The van der Waals surface area contributed by atoms with Crippen LogP contribution in [0.3, 0.4) is 0 Å². The molecule has 0 spiro atoms. The van der Waals surface area contributed by atoms with Crippen LogP contribution in [0.15, 0.2) is 36.4 Å². The van der Waals surface area contributed by atoms with Gasteiger partial charge in [-0.3, -0.25) is 0 Å². The normalized spacial score (nSPS) is 17.1. The van der Waals surface area contributed by atoms with E-state index in [1.165, 1.54) is 6.07 Å². The average Bonchev–Trinajstić information content (AvgIpc) is 2.83. The van der Waals surface area contributed by atoms with Crippen LogP contribution in [-0.2, 0) is 6.42 Å². The summed E-state index contributed by atoms with van der Waals surface area (Å²) in [5.74, 6) is 0.244. The third-order valence-electron chi connectivity index (χ3n) is 3.33. The summed E-state index contributed by atoms with van der Waals surface area (Å²) in [5.41, 5.74) is 7.68. The Labute approximate surface area is 115 Å². The maximum Gasteiger partial charge on any atom is 0.134 e. The number of benzene rings is 2. The van der Waals surface area contributed by atoms with Crippen molar-refractivity contribution in [3.63, 3.8) is 0 Å². The van der Waals surface area contributed by atoms with E-state index >= 15 is 0 Å². The lowest BCUT2D eigenvalue weighted by molar-refractivity contribution is 0.241. The molecule has 1 atom stereocenters. The Bertz CT molecular complexity index is 630. The molecule has 4 heteroatoms. The molecule has 0 aliphatic carbocycles. The Kier molecular flexibility index (Phi) is 3.17. The molecule has 0 bridgehead atoms. The third-order valence-corrected chi connectivity index (χ3v) is 3.66. The molecule has 1 aliphatic heterocycles. The molecule has 2 aromatic carbocycles. The molecular formula is C15H13ClFNO. The summed E-state index contributed by atoms with van der Waals surface area (Å²) in [6.45, 7) is 0.415. The van der Waals surface area contributed by atoms with E-state index in [2.05, 4.69) is 0 Å². The second-order valence-electron chi connectivity index (χ2n) is 4.57. The molecule has 1 unspecified atom stereocenters. The Hall–Kier alpha value is -1.58. The minimum atomic E-state index is -0.329. The van der Waals surface area contributed by atoms with Crippen LogP contribution in [-0.4, -0.2) is 12.6 Å². The zero-order valence-corrected chi connectivity index (χ0v) is 11.0. The van der Waals surface area contributed by atoms with Crippen molar-refractivity contribution in [2.24, 2.45) is 5.73 Å². The van der Waals surface area contributed by atoms with E-state index in [0.29, 0.717) is 34.9 Å². The maximum atomic E-state index is 14.2. The summed E-state index contributed by atoms with van der Waals surface area (Å²) < 4.78 is 19.9. The van der Waals surface area contributed by atoms with Gasteiger partial charge in [-0.25, -0.2) is 4.39 Å². The molecule has 2 N–H and O–H groups in total. The Morgan fingerprint density at radius 2 is 2.05 bits per heavy atom. The fourth-order valence-corrected chi connectivity index (χ4v) is 2.63. The van der Waals surface area contributed by atoms with E-state index in [1.54, 1.807) is 18.2 Å². The molecule has 1 aliphatic rings. The summed E-state index contributed by atoms with van der Waals surface area (Å²) in [6.07, 6.45) is 0.627. The standard InChI is InChI=1S/C15H13ClFNO/c16-12-4-2-1-3-11(12)14-13(17)6-5-9-7-10(8-18)19-15(9)14/h1-6,10H,7-8,18H2. The monoisotopic (exact) mass is 277 g/mol. The van der Waals surface area contributed by atoms with Crippen molar-refractivity contribution in [1.29, 1.82) is 0 Å². The number of hydrogen-bond acceptors (Lipinski definition) is 2. The number of fused-ring (bicyclic) bond motifs is 1. The zero-order valence-electron chi connectivity index (χ0n) is 10.2. The molecule has 0 saturated heterocycles. The highest BCUT2D eigenvalue weighted by atomic mass is 35.5. The highest BCUT2D eigenvalue weighted by molar-refractivity contribution is 6.33. The molecule has 98 valence electrons. The van der Waals surface area contributed by atoms with E-state index in [9.17, 15) is 4.39 Å². The molecule has 19 heavy (non-hydrogen) atoms. The van der Waals surface area contributed by atoms with Crippen LogP contribution in [0, 0.1) is 5.82 Å². The van der Waals surface area contributed by atoms with E-state index in [4.69, 9.17) is 22.1 Å². The smallest absolute Gasteiger partial charge is 0.134 e. The van der Waals surface area contributed by atoms with Gasteiger partial charge in [0, 0.05) is 23.6 Å². The maximum absolute atomic E-state index is 14.2. The van der Waals surface area contributed by atoms with Gasteiger partial charge in [0.25, 0.3) is 0 Å². The number of nitrogens with two attached hydrogens (primary N) is 1. The predicted octanol–water partition coefficient (Wildman–Crippen LogP) is 3.41. The molecular weight excluding hydrogens is 265 g/mol. The summed E-state index contributed by atoms with van der Waals surface area (Å²) in [4.78, 5) is 0. The van der Waals surface area contributed by atoms with E-state index < -0.39 is 0 Å². The van der Waals surface area contributed by atoms with Gasteiger partial charge in [-0.05, 0) is 17.7 Å². The van der Waals surface area contributed by atoms with Gasteiger partial charge >= 0.3 is 0 Å². The molecule has 2 aromatic rings. The van der Waals surface area contributed by atoms with Crippen molar-refractivity contribution in [3.05, 3.63) is 52.8 Å². The summed E-state index contributed by atoms with van der Waals surface area (Å²) in [5, 5.41) is 0.509. The van der Waals surface area contributed by atoms with Gasteiger partial charge in [-0.15, -0.1) is 0 Å². The van der Waals surface area contributed by atoms with Crippen LogP contribution < -0.4 is 10.5 Å². The van der Waals surface area contributed by atoms with Gasteiger partial charge in [0.1, 0.15) is 17.7 Å². The van der Waals surface area contributed by atoms with E-state index in [-0.39, 0.29) is 11.9 Å². The van der Waals surface area contributed by atoms with Crippen molar-refractivity contribution >= 4 is 11.6 Å². The van der Waals surface area contributed by atoms with Gasteiger partial charge in [0.2, 0.25) is 0 Å². The Balaban J connectivity index is 2.18. The highest BCUT2D eigenvalue weighted by Crippen LogP contribution is 2.42. The van der Waals surface area contributed by atoms with Crippen molar-refractivity contribution in [2.45, 2.75) is 12.5 Å². The molecule has 3 rings (SSSR count). The summed E-state index contributed by atoms with van der Waals surface area (Å²) in [6, 6.07) is 10.4. The molecule has 0 radical (unpaired) electrons. The highest BCUT2D eigenvalue weighted by Gasteiger charge is 2.27. The quantitative estimate of drug-likeness (QED) is 0.913. The Morgan fingerprint density at radius 1 is 1.26 bits per heavy atom. The van der Waals surface area contributed by atoms with Gasteiger partial charge in [0.15, 0.2) is 0 Å². The van der Waals surface area contributed by atoms with Crippen molar-refractivity contribution in [2.75, 3.05) is 6.54 Å². The van der Waals surface area contributed by atoms with Crippen LogP contribution in [0.1, 0.15) is 5.56 Å². The van der Waals surface area contributed by atoms with Gasteiger partial charge in [0.05, 0.1) is 5.56 Å². The number of halogens is 2. The molecule has 0 aromatic heterocycles. The Morgan fingerprint density at radius 3 is 2.79 bits per heavy atom. The van der Waals surface area contributed by atoms with Crippen LogP contribution >= 0.6 is 11.6 Å². The van der Waals surface area contributed by atoms with Gasteiger partial charge < -0.3 is 10.5 Å². The second-order valence-corrected chi connectivity index (χ2v) is 4.98. The lowest BCUT2D eigenvalue weighted by atomic mass is 10.00. The van der Waals surface area contributed by atoms with Crippen LogP contribution in [0.25, 0.3) is 11.1 Å². The first-order valence-corrected chi connectivity index (χ1v) is 6.51. The van der Waals surface area contributed by atoms with Gasteiger partial charge in [-0.2, -0.15) is 0 Å². The molecule has 0 amide bonds. The first-order chi connectivity index (χ1) is 9.20. The lowest BCUT2D eigenvalue weighted by Gasteiger charge is -2.12. The van der Waals surface area contributed by atoms with Crippen LogP contribution in [0.5, 0.6) is 5.75 Å². The molecule has 0 saturated carbocycles. The fraction of sp³-hybridized carbons (Fsp3) is 0.200. The van der Waals surface area contributed by atoms with Crippen molar-refractivity contribution in [3.8, 4) is 16.9 Å². The minimum absolute atomic E-state index is 0.0852. The number of ether oxygens (including phenoxy) is 1. The lowest BCUT2D eigenvalue weighted by Crippen LogP contribution is -2.24. The zero-order chi connectivity index (χ0) is 13.4. The number of hydrogen-bond donors (Lipinski definition) is 1. The van der Waals surface area contributed by atoms with E-state index in [0.717, 1.165) is 5.56 Å². The van der Waals surface area contributed by atoms with E-state index in [1.807, 2.05) is 12.1 Å².